The largest absolute Gasteiger partial charge is 0.371 e. The van der Waals surface area contributed by atoms with Crippen molar-refractivity contribution >= 4 is 16.5 Å². The van der Waals surface area contributed by atoms with Gasteiger partial charge in [0.15, 0.2) is 0 Å². The van der Waals surface area contributed by atoms with Crippen LogP contribution < -0.4 is 4.90 Å². The molecule has 2 aromatic rings. The fourth-order valence-electron chi connectivity index (χ4n) is 3.27. The fraction of sp³-hybridized carbons (Fsp3) is 0.474. The summed E-state index contributed by atoms with van der Waals surface area (Å²) in [6, 6.07) is 13.7. The Morgan fingerprint density at radius 3 is 2.60 bits per heavy atom. The topological polar surface area (TPSA) is 3.24 Å². The standard InChI is InChI=1S/C19H25N/c1-2-3-9-16-14-17-10-5-6-11-18(17)19(15-16)20-12-7-4-8-13-20/h5-6,10-11,14-15H,2-4,7-9,12-13H2,1H3. The molecule has 0 saturated carbocycles. The SMILES string of the molecule is CCCCc1cc(N2CCCCC2)c2ccccc2c1. The summed E-state index contributed by atoms with van der Waals surface area (Å²) >= 11 is 0. The minimum Gasteiger partial charge on any atom is -0.371 e. The summed E-state index contributed by atoms with van der Waals surface area (Å²) in [5.74, 6) is 0. The van der Waals surface area contributed by atoms with Crippen LogP contribution in [0.4, 0.5) is 5.69 Å². The quantitative estimate of drug-likeness (QED) is 0.738. The molecule has 1 aliphatic rings. The Morgan fingerprint density at radius 1 is 1.00 bits per heavy atom. The van der Waals surface area contributed by atoms with Gasteiger partial charge in [-0.2, -0.15) is 0 Å². The molecule has 1 nitrogen and oxygen atoms in total. The zero-order valence-electron chi connectivity index (χ0n) is 12.6. The van der Waals surface area contributed by atoms with Gasteiger partial charge in [-0.05, 0) is 49.1 Å². The molecule has 1 aliphatic heterocycles. The van der Waals surface area contributed by atoms with Crippen molar-refractivity contribution in [2.24, 2.45) is 0 Å². The van der Waals surface area contributed by atoms with E-state index in [1.54, 1.807) is 0 Å². The molecule has 0 aliphatic carbocycles. The lowest BCUT2D eigenvalue weighted by atomic mass is 9.99. The number of aryl methyl sites for hydroxylation is 1. The van der Waals surface area contributed by atoms with Crippen molar-refractivity contribution in [3.8, 4) is 0 Å². The molecule has 3 rings (SSSR count). The van der Waals surface area contributed by atoms with Gasteiger partial charge in [-0.3, -0.25) is 0 Å². The highest BCUT2D eigenvalue weighted by Gasteiger charge is 2.14. The highest BCUT2D eigenvalue weighted by atomic mass is 15.1. The number of hydrogen-bond donors (Lipinski definition) is 0. The monoisotopic (exact) mass is 267 g/mol. The smallest absolute Gasteiger partial charge is 0.0448 e. The third-order valence-electron chi connectivity index (χ3n) is 4.42. The van der Waals surface area contributed by atoms with Crippen molar-refractivity contribution in [3.05, 3.63) is 42.0 Å². The van der Waals surface area contributed by atoms with Crippen LogP contribution in [0.5, 0.6) is 0 Å². The summed E-state index contributed by atoms with van der Waals surface area (Å²) in [6.45, 7) is 4.72. The van der Waals surface area contributed by atoms with Gasteiger partial charge in [0.2, 0.25) is 0 Å². The van der Waals surface area contributed by atoms with E-state index >= 15 is 0 Å². The number of anilines is 1. The van der Waals surface area contributed by atoms with Gasteiger partial charge in [-0.1, -0.05) is 43.7 Å². The summed E-state index contributed by atoms with van der Waals surface area (Å²) in [6.07, 6.45) is 7.84. The van der Waals surface area contributed by atoms with Gasteiger partial charge >= 0.3 is 0 Å². The zero-order valence-corrected chi connectivity index (χ0v) is 12.6. The van der Waals surface area contributed by atoms with E-state index in [1.165, 1.54) is 73.6 Å². The van der Waals surface area contributed by atoms with E-state index in [1.807, 2.05) is 0 Å². The van der Waals surface area contributed by atoms with E-state index < -0.39 is 0 Å². The van der Waals surface area contributed by atoms with Crippen LogP contribution in [0.1, 0.15) is 44.6 Å². The number of unbranched alkanes of at least 4 members (excludes halogenated alkanes) is 1. The van der Waals surface area contributed by atoms with E-state index in [0.717, 1.165) is 0 Å². The van der Waals surface area contributed by atoms with E-state index in [0.29, 0.717) is 0 Å². The number of fused-ring (bicyclic) bond motifs is 1. The number of benzene rings is 2. The summed E-state index contributed by atoms with van der Waals surface area (Å²) < 4.78 is 0. The van der Waals surface area contributed by atoms with Gasteiger partial charge in [0.05, 0.1) is 0 Å². The Labute approximate surface area is 122 Å². The third kappa shape index (κ3) is 2.82. The van der Waals surface area contributed by atoms with Crippen LogP contribution in [-0.2, 0) is 6.42 Å². The van der Waals surface area contributed by atoms with Crippen LogP contribution in [-0.4, -0.2) is 13.1 Å². The van der Waals surface area contributed by atoms with Gasteiger partial charge in [0, 0.05) is 24.2 Å². The highest BCUT2D eigenvalue weighted by molar-refractivity contribution is 5.95. The van der Waals surface area contributed by atoms with E-state index in [2.05, 4.69) is 48.2 Å². The Bertz CT molecular complexity index is 567. The first-order valence-corrected chi connectivity index (χ1v) is 8.15. The van der Waals surface area contributed by atoms with Crippen molar-refractivity contribution in [1.82, 2.24) is 0 Å². The number of hydrogen-bond acceptors (Lipinski definition) is 1. The molecule has 0 aromatic heterocycles. The fourth-order valence-corrected chi connectivity index (χ4v) is 3.27. The Kier molecular flexibility index (Phi) is 4.25. The zero-order chi connectivity index (χ0) is 13.8. The van der Waals surface area contributed by atoms with Crippen LogP contribution in [0.3, 0.4) is 0 Å². The van der Waals surface area contributed by atoms with E-state index in [4.69, 9.17) is 0 Å². The predicted molar refractivity (Wildman–Crippen MR) is 88.6 cm³/mol. The van der Waals surface area contributed by atoms with Gasteiger partial charge in [0.1, 0.15) is 0 Å². The molecule has 0 spiro atoms. The summed E-state index contributed by atoms with van der Waals surface area (Å²) in [5.41, 5.74) is 2.97. The second-order valence-electron chi connectivity index (χ2n) is 5.99. The normalized spacial score (nSPS) is 15.8. The van der Waals surface area contributed by atoms with Crippen LogP contribution >= 0.6 is 0 Å². The van der Waals surface area contributed by atoms with Crippen LogP contribution in [0, 0.1) is 0 Å². The minimum absolute atomic E-state index is 1.21. The molecule has 20 heavy (non-hydrogen) atoms. The Morgan fingerprint density at radius 2 is 1.80 bits per heavy atom. The molecule has 1 heterocycles. The maximum absolute atomic E-state index is 2.60. The second-order valence-corrected chi connectivity index (χ2v) is 5.99. The molecule has 1 fully saturated rings. The Hall–Kier alpha value is -1.50. The van der Waals surface area contributed by atoms with Gasteiger partial charge in [0.25, 0.3) is 0 Å². The van der Waals surface area contributed by atoms with Crippen LogP contribution in [0.25, 0.3) is 10.8 Å². The first kappa shape index (κ1) is 13.5. The van der Waals surface area contributed by atoms with Crippen molar-refractivity contribution in [1.29, 1.82) is 0 Å². The molecule has 0 atom stereocenters. The van der Waals surface area contributed by atoms with Gasteiger partial charge in [-0.25, -0.2) is 0 Å². The molecule has 0 unspecified atom stereocenters. The molecule has 0 amide bonds. The lowest BCUT2D eigenvalue weighted by Gasteiger charge is -2.30. The highest BCUT2D eigenvalue weighted by Crippen LogP contribution is 2.31. The predicted octanol–water partition coefficient (Wildman–Crippen LogP) is 5.17. The van der Waals surface area contributed by atoms with Crippen molar-refractivity contribution in [2.45, 2.75) is 45.4 Å². The van der Waals surface area contributed by atoms with Gasteiger partial charge in [-0.15, -0.1) is 0 Å². The van der Waals surface area contributed by atoms with Crippen molar-refractivity contribution < 1.29 is 0 Å². The first-order chi connectivity index (χ1) is 9.88. The number of nitrogens with zero attached hydrogens (tertiary/aromatic N) is 1. The lowest BCUT2D eigenvalue weighted by molar-refractivity contribution is 0.579. The minimum atomic E-state index is 1.21. The molecule has 1 saturated heterocycles. The number of piperidine rings is 1. The van der Waals surface area contributed by atoms with Gasteiger partial charge < -0.3 is 4.90 Å². The maximum Gasteiger partial charge on any atom is 0.0448 e. The second kappa shape index (κ2) is 6.30. The molecular formula is C19H25N. The Balaban J connectivity index is 2.02. The van der Waals surface area contributed by atoms with E-state index in [-0.39, 0.29) is 0 Å². The molecule has 0 N–H and O–H groups in total. The van der Waals surface area contributed by atoms with Crippen molar-refractivity contribution in [3.63, 3.8) is 0 Å². The molecule has 0 radical (unpaired) electrons. The molecule has 106 valence electrons. The third-order valence-corrected chi connectivity index (χ3v) is 4.42. The molecule has 0 bridgehead atoms. The average molecular weight is 267 g/mol. The molecular weight excluding hydrogens is 242 g/mol. The molecule has 1 heteroatoms. The number of rotatable bonds is 4. The summed E-state index contributed by atoms with van der Waals surface area (Å²) in [7, 11) is 0. The van der Waals surface area contributed by atoms with Crippen LogP contribution in [0.15, 0.2) is 36.4 Å². The van der Waals surface area contributed by atoms with Crippen LogP contribution in [0.2, 0.25) is 0 Å². The summed E-state index contributed by atoms with van der Waals surface area (Å²) in [4.78, 5) is 2.60. The van der Waals surface area contributed by atoms with E-state index in [9.17, 15) is 0 Å². The maximum atomic E-state index is 2.60. The van der Waals surface area contributed by atoms with Crippen molar-refractivity contribution in [2.75, 3.05) is 18.0 Å². The molecule has 2 aromatic carbocycles. The average Bonchev–Trinajstić information content (AvgIpc) is 2.53. The summed E-state index contributed by atoms with van der Waals surface area (Å²) in [5, 5.41) is 2.83. The lowest BCUT2D eigenvalue weighted by Crippen LogP contribution is -2.29. The first-order valence-electron chi connectivity index (χ1n) is 8.15.